The molecule has 3 unspecified atom stereocenters. The van der Waals surface area contributed by atoms with Crippen molar-refractivity contribution in [3.05, 3.63) is 28.2 Å². The number of carbonyl (C=O) groups is 2. The second kappa shape index (κ2) is 11.3. The number of nitrogens with one attached hydrogen (secondary N) is 2. The zero-order valence-corrected chi connectivity index (χ0v) is 19.7. The van der Waals surface area contributed by atoms with Gasteiger partial charge in [0.2, 0.25) is 5.91 Å². The van der Waals surface area contributed by atoms with Crippen LogP contribution in [0.4, 0.5) is 0 Å². The van der Waals surface area contributed by atoms with Crippen molar-refractivity contribution in [3.8, 4) is 0 Å². The molecule has 1 amide bonds. The maximum atomic E-state index is 12.9. The minimum Gasteiger partial charge on any atom is -0.457 e. The van der Waals surface area contributed by atoms with Crippen LogP contribution in [0.2, 0.25) is 0 Å². The summed E-state index contributed by atoms with van der Waals surface area (Å²) in [6, 6.07) is -1.24. The average Bonchev–Trinajstić information content (AvgIpc) is 3.37. The average molecular weight is 469 g/mol. The summed E-state index contributed by atoms with van der Waals surface area (Å²) in [6.45, 7) is 5.11. The topological polar surface area (TPSA) is 92.7 Å². The Bertz CT molecular complexity index is 809. The van der Waals surface area contributed by atoms with Crippen molar-refractivity contribution in [3.63, 3.8) is 0 Å². The van der Waals surface area contributed by atoms with Crippen LogP contribution in [-0.4, -0.2) is 58.1 Å². The van der Waals surface area contributed by atoms with Gasteiger partial charge in [-0.3, -0.25) is 9.79 Å². The normalized spacial score (nSPS) is 26.0. The van der Waals surface area contributed by atoms with Crippen molar-refractivity contribution in [1.82, 2.24) is 15.6 Å². The molecule has 0 aromatic carbocycles. The van der Waals surface area contributed by atoms with E-state index >= 15 is 0 Å². The summed E-state index contributed by atoms with van der Waals surface area (Å²) >= 11 is 7.32. The molecule has 0 aliphatic carbocycles. The maximum absolute atomic E-state index is 12.9. The number of thiazole rings is 1. The van der Waals surface area contributed by atoms with E-state index < -0.39 is 18.1 Å². The highest BCUT2D eigenvalue weighted by Crippen LogP contribution is 2.25. The molecule has 3 heterocycles. The number of hydrogen-bond donors (Lipinski definition) is 3. The van der Waals surface area contributed by atoms with Gasteiger partial charge in [0.15, 0.2) is 0 Å². The SMILES string of the molecule is CC(C)C1NC(=O)C2CSC(=N2)c2csc(n2)CNCCC(C=CCCS)OC1=O. The zero-order valence-electron chi connectivity index (χ0n) is 17.2. The molecule has 2 aliphatic rings. The number of cyclic esters (lactones) is 1. The number of thiol groups is 1. The molecule has 0 saturated carbocycles. The lowest BCUT2D eigenvalue weighted by Gasteiger charge is -2.24. The molecule has 164 valence electrons. The van der Waals surface area contributed by atoms with Crippen molar-refractivity contribution in [1.29, 1.82) is 0 Å². The van der Waals surface area contributed by atoms with Gasteiger partial charge in [-0.05, 0) is 30.7 Å². The molecule has 2 aliphatic heterocycles. The third kappa shape index (κ3) is 6.32. The Morgan fingerprint density at radius 1 is 1.40 bits per heavy atom. The second-order valence-electron chi connectivity index (χ2n) is 7.50. The quantitative estimate of drug-likeness (QED) is 0.357. The number of aliphatic imine (C=N–C) groups is 1. The Labute approximate surface area is 191 Å². The van der Waals surface area contributed by atoms with Gasteiger partial charge in [-0.15, -0.1) is 23.1 Å². The number of allylic oxidation sites excluding steroid dienone is 1. The number of amides is 1. The number of nitrogens with zero attached hydrogens (tertiary/aromatic N) is 2. The summed E-state index contributed by atoms with van der Waals surface area (Å²) < 4.78 is 5.77. The predicted octanol–water partition coefficient (Wildman–Crippen LogP) is 2.43. The first-order valence-corrected chi connectivity index (χ1v) is 12.6. The standard InChI is InChI=1S/C20H28N4O3S3/c1-12(2)17-20(26)27-13(5-3-4-8-28)6-7-21-9-16-22-15(11-29-16)19-23-14(10-30-19)18(25)24-17/h3,5,11-14,17,21,28H,4,6-10H2,1-2H3,(H,24,25). The molecule has 3 rings (SSSR count). The molecule has 7 nitrogen and oxygen atoms in total. The molecular formula is C20H28N4O3S3. The van der Waals surface area contributed by atoms with Crippen molar-refractivity contribution >= 4 is 52.6 Å². The molecule has 1 aromatic heterocycles. The van der Waals surface area contributed by atoms with Crippen molar-refractivity contribution in [2.75, 3.05) is 18.1 Å². The van der Waals surface area contributed by atoms with Gasteiger partial charge in [-0.2, -0.15) is 12.6 Å². The lowest BCUT2D eigenvalue weighted by molar-refractivity contribution is -0.152. The minimum atomic E-state index is -0.714. The minimum absolute atomic E-state index is 0.0980. The number of ether oxygens (including phenoxy) is 1. The molecule has 3 atom stereocenters. The fourth-order valence-corrected chi connectivity index (χ4v) is 5.03. The first-order valence-electron chi connectivity index (χ1n) is 10.1. The molecule has 4 bridgehead atoms. The van der Waals surface area contributed by atoms with Crippen LogP contribution in [0.1, 0.15) is 37.4 Å². The summed E-state index contributed by atoms with van der Waals surface area (Å²) in [5.41, 5.74) is 0.816. The number of hydrogen-bond acceptors (Lipinski definition) is 9. The monoisotopic (exact) mass is 468 g/mol. The number of fused-ring (bicyclic) bond motifs is 4. The Balaban J connectivity index is 1.82. The molecular weight excluding hydrogens is 440 g/mol. The largest absolute Gasteiger partial charge is 0.457 e. The molecule has 0 saturated heterocycles. The van der Waals surface area contributed by atoms with E-state index in [-0.39, 0.29) is 17.9 Å². The van der Waals surface area contributed by atoms with Crippen molar-refractivity contribution in [2.45, 2.75) is 51.4 Å². The van der Waals surface area contributed by atoms with Crippen LogP contribution in [0.3, 0.4) is 0 Å². The first kappa shape index (κ1) is 23.3. The van der Waals surface area contributed by atoms with Crippen LogP contribution in [0.15, 0.2) is 22.5 Å². The molecule has 1 aromatic rings. The Kier molecular flexibility index (Phi) is 8.79. The van der Waals surface area contributed by atoms with Gasteiger partial charge in [0, 0.05) is 24.1 Å². The highest BCUT2D eigenvalue weighted by atomic mass is 32.2. The van der Waals surface area contributed by atoms with Gasteiger partial charge in [-0.1, -0.05) is 19.9 Å². The summed E-state index contributed by atoms with van der Waals surface area (Å²) in [5, 5.41) is 9.96. The molecule has 0 fully saturated rings. The summed E-state index contributed by atoms with van der Waals surface area (Å²) in [6.07, 6.45) is 4.96. The predicted molar refractivity (Wildman–Crippen MR) is 125 cm³/mol. The van der Waals surface area contributed by atoms with Gasteiger partial charge >= 0.3 is 5.97 Å². The fraction of sp³-hybridized carbons (Fsp3) is 0.600. The summed E-state index contributed by atoms with van der Waals surface area (Å²) in [5.74, 6) is 0.512. The van der Waals surface area contributed by atoms with Crippen LogP contribution in [0.5, 0.6) is 0 Å². The molecule has 2 N–H and O–H groups in total. The van der Waals surface area contributed by atoms with Crippen LogP contribution < -0.4 is 10.6 Å². The lowest BCUT2D eigenvalue weighted by Crippen LogP contribution is -2.49. The first-order chi connectivity index (χ1) is 14.5. The maximum Gasteiger partial charge on any atom is 0.329 e. The molecule has 10 heteroatoms. The van der Waals surface area contributed by atoms with Crippen LogP contribution >= 0.6 is 35.7 Å². The number of rotatable bonds is 4. The number of aromatic nitrogens is 1. The smallest absolute Gasteiger partial charge is 0.329 e. The van der Waals surface area contributed by atoms with E-state index in [9.17, 15) is 9.59 Å². The van der Waals surface area contributed by atoms with Crippen molar-refractivity contribution in [2.24, 2.45) is 10.9 Å². The van der Waals surface area contributed by atoms with Gasteiger partial charge in [-0.25, -0.2) is 9.78 Å². The van der Waals surface area contributed by atoms with E-state index in [0.717, 1.165) is 27.9 Å². The molecule has 0 spiro atoms. The highest BCUT2D eigenvalue weighted by Gasteiger charge is 2.33. The molecule has 30 heavy (non-hydrogen) atoms. The van der Waals surface area contributed by atoms with E-state index in [4.69, 9.17) is 4.74 Å². The van der Waals surface area contributed by atoms with Crippen molar-refractivity contribution < 1.29 is 14.3 Å². The van der Waals surface area contributed by atoms with Crippen LogP contribution in [0, 0.1) is 5.92 Å². The fourth-order valence-electron chi connectivity index (χ4n) is 3.06. The van der Waals surface area contributed by atoms with E-state index in [1.165, 1.54) is 11.8 Å². The van der Waals surface area contributed by atoms with Gasteiger partial charge in [0.25, 0.3) is 0 Å². The Morgan fingerprint density at radius 2 is 2.23 bits per heavy atom. The van der Waals surface area contributed by atoms with Gasteiger partial charge in [0.05, 0.1) is 0 Å². The molecule has 0 radical (unpaired) electrons. The van der Waals surface area contributed by atoms with E-state index in [2.05, 4.69) is 33.2 Å². The Hall–Kier alpha value is -1.36. The van der Waals surface area contributed by atoms with Gasteiger partial charge in [0.1, 0.15) is 33.9 Å². The third-order valence-corrected chi connectivity index (χ3v) is 6.92. The number of esters is 1. The summed E-state index contributed by atoms with van der Waals surface area (Å²) in [7, 11) is 0. The number of carbonyl (C=O) groups excluding carboxylic acids is 2. The highest BCUT2D eigenvalue weighted by molar-refractivity contribution is 8.14. The Morgan fingerprint density at radius 3 is 3.00 bits per heavy atom. The zero-order chi connectivity index (χ0) is 21.5. The van der Waals surface area contributed by atoms with Crippen LogP contribution in [-0.2, 0) is 20.9 Å². The van der Waals surface area contributed by atoms with E-state index in [1.807, 2.05) is 31.4 Å². The second-order valence-corrected chi connectivity index (χ2v) is 9.90. The third-order valence-electron chi connectivity index (χ3n) is 4.74. The lowest BCUT2D eigenvalue weighted by atomic mass is 10.0. The summed E-state index contributed by atoms with van der Waals surface area (Å²) in [4.78, 5) is 34.9. The van der Waals surface area contributed by atoms with Gasteiger partial charge < -0.3 is 15.4 Å². The number of thioether (sulfide) groups is 1. The van der Waals surface area contributed by atoms with E-state index in [1.54, 1.807) is 11.3 Å². The van der Waals surface area contributed by atoms with Crippen LogP contribution in [0.25, 0.3) is 0 Å². The van der Waals surface area contributed by atoms with E-state index in [0.29, 0.717) is 25.3 Å².